The first-order chi connectivity index (χ1) is 7.09. The highest BCUT2D eigenvalue weighted by molar-refractivity contribution is 7.89. The van der Waals surface area contributed by atoms with E-state index in [0.717, 1.165) is 12.3 Å². The number of H-pyrrole nitrogens is 1. The van der Waals surface area contributed by atoms with Crippen LogP contribution in [0.5, 0.6) is 0 Å². The van der Waals surface area contributed by atoms with E-state index in [1.54, 1.807) is 6.92 Å². The van der Waals surface area contributed by atoms with E-state index in [9.17, 15) is 8.42 Å². The smallest absolute Gasteiger partial charge is 0.243 e. The maximum atomic E-state index is 11.7. The van der Waals surface area contributed by atoms with E-state index in [1.807, 2.05) is 0 Å². The Labute approximate surface area is 89.3 Å². The Kier molecular flexibility index (Phi) is 2.79. The van der Waals surface area contributed by atoms with Gasteiger partial charge in [-0.3, -0.25) is 5.10 Å². The first-order valence-electron chi connectivity index (χ1n) is 5.09. The zero-order valence-electron chi connectivity index (χ0n) is 8.66. The maximum absolute atomic E-state index is 11.7. The summed E-state index contributed by atoms with van der Waals surface area (Å²) in [5.74, 6) is 0.734. The maximum Gasteiger partial charge on any atom is 0.243 e. The predicted molar refractivity (Wildman–Crippen MR) is 55.9 cm³/mol. The number of aryl methyl sites for hydroxylation is 1. The molecule has 2 N–H and O–H groups in total. The lowest BCUT2D eigenvalue weighted by molar-refractivity contribution is 0.575. The number of aromatic amines is 1. The van der Waals surface area contributed by atoms with Gasteiger partial charge >= 0.3 is 0 Å². The van der Waals surface area contributed by atoms with Gasteiger partial charge in [-0.1, -0.05) is 12.8 Å². The van der Waals surface area contributed by atoms with Crippen LogP contribution in [0.1, 0.15) is 25.0 Å². The standard InChI is InChI=1S/C9H15N3O2S/c1-7-9(6-10-12-7)15(13,14)11-5-4-8-2-3-8/h6,8,11H,2-5H2,1H3,(H,10,12). The highest BCUT2D eigenvalue weighted by Crippen LogP contribution is 2.31. The van der Waals surface area contributed by atoms with Gasteiger partial charge in [-0.15, -0.1) is 0 Å². The highest BCUT2D eigenvalue weighted by Gasteiger charge is 2.23. The van der Waals surface area contributed by atoms with Crippen LogP contribution in [0.15, 0.2) is 11.1 Å². The Hall–Kier alpha value is -0.880. The summed E-state index contributed by atoms with van der Waals surface area (Å²) in [4.78, 5) is 0.248. The molecule has 0 amide bonds. The first-order valence-corrected chi connectivity index (χ1v) is 6.57. The lowest BCUT2D eigenvalue weighted by atomic mass is 10.3. The van der Waals surface area contributed by atoms with Crippen molar-refractivity contribution in [1.82, 2.24) is 14.9 Å². The third kappa shape index (κ3) is 2.57. The van der Waals surface area contributed by atoms with Gasteiger partial charge in [0.2, 0.25) is 10.0 Å². The van der Waals surface area contributed by atoms with Crippen LogP contribution in [0, 0.1) is 12.8 Å². The van der Waals surface area contributed by atoms with E-state index >= 15 is 0 Å². The van der Waals surface area contributed by atoms with E-state index in [2.05, 4.69) is 14.9 Å². The summed E-state index contributed by atoms with van der Waals surface area (Å²) in [5.41, 5.74) is 0.578. The quantitative estimate of drug-likeness (QED) is 0.784. The fourth-order valence-electron chi connectivity index (χ4n) is 1.49. The van der Waals surface area contributed by atoms with Gasteiger partial charge in [0.25, 0.3) is 0 Å². The van der Waals surface area contributed by atoms with Crippen molar-refractivity contribution >= 4 is 10.0 Å². The molecule has 0 aromatic carbocycles. The number of hydrogen-bond donors (Lipinski definition) is 2. The Bertz CT molecular complexity index is 434. The largest absolute Gasteiger partial charge is 0.281 e. The normalized spacial score (nSPS) is 16.9. The molecule has 84 valence electrons. The monoisotopic (exact) mass is 229 g/mol. The van der Waals surface area contributed by atoms with E-state index in [4.69, 9.17) is 0 Å². The van der Waals surface area contributed by atoms with Crippen molar-refractivity contribution in [2.45, 2.75) is 31.1 Å². The minimum Gasteiger partial charge on any atom is -0.281 e. The summed E-state index contributed by atoms with van der Waals surface area (Å²) in [6.45, 7) is 2.22. The van der Waals surface area contributed by atoms with Crippen LogP contribution in [0.2, 0.25) is 0 Å². The van der Waals surface area contributed by atoms with Crippen molar-refractivity contribution in [3.63, 3.8) is 0 Å². The molecule has 5 nitrogen and oxygen atoms in total. The van der Waals surface area contributed by atoms with E-state index < -0.39 is 10.0 Å². The molecule has 1 fully saturated rings. The molecule has 1 aromatic rings. The first kappa shape index (κ1) is 10.6. The molecule has 6 heteroatoms. The molecule has 1 aromatic heterocycles. The number of sulfonamides is 1. The van der Waals surface area contributed by atoms with Crippen LogP contribution in [0.4, 0.5) is 0 Å². The highest BCUT2D eigenvalue weighted by atomic mass is 32.2. The predicted octanol–water partition coefficient (Wildman–Crippen LogP) is 0.797. The third-order valence-corrected chi connectivity index (χ3v) is 4.19. The number of nitrogens with one attached hydrogen (secondary N) is 2. The molecule has 0 saturated heterocycles. The summed E-state index contributed by atoms with van der Waals surface area (Å²) in [7, 11) is -3.36. The van der Waals surface area contributed by atoms with Gasteiger partial charge < -0.3 is 0 Å². The second-order valence-electron chi connectivity index (χ2n) is 3.99. The molecule has 0 radical (unpaired) electrons. The third-order valence-electron chi connectivity index (χ3n) is 2.61. The average Bonchev–Trinajstić information content (AvgIpc) is 2.86. The molecule has 0 spiro atoms. The van der Waals surface area contributed by atoms with Crippen LogP contribution >= 0.6 is 0 Å². The van der Waals surface area contributed by atoms with Crippen molar-refractivity contribution in [2.24, 2.45) is 5.92 Å². The molecule has 1 heterocycles. The zero-order valence-corrected chi connectivity index (χ0v) is 9.47. The van der Waals surface area contributed by atoms with Crippen molar-refractivity contribution < 1.29 is 8.42 Å². The van der Waals surface area contributed by atoms with E-state index in [0.29, 0.717) is 12.2 Å². The molecule has 1 aliphatic rings. The number of hydrogen-bond acceptors (Lipinski definition) is 3. The van der Waals surface area contributed by atoms with Crippen molar-refractivity contribution in [3.8, 4) is 0 Å². The lowest BCUT2D eigenvalue weighted by Gasteiger charge is -2.04. The van der Waals surface area contributed by atoms with Gasteiger partial charge in [-0.05, 0) is 19.3 Å². The van der Waals surface area contributed by atoms with Crippen molar-refractivity contribution in [2.75, 3.05) is 6.54 Å². The van der Waals surface area contributed by atoms with Gasteiger partial charge in [0, 0.05) is 6.54 Å². The fourth-order valence-corrected chi connectivity index (χ4v) is 2.67. The molecular weight excluding hydrogens is 214 g/mol. The topological polar surface area (TPSA) is 74.8 Å². The zero-order chi connectivity index (χ0) is 10.9. The fraction of sp³-hybridized carbons (Fsp3) is 0.667. The summed E-state index contributed by atoms with van der Waals surface area (Å²) in [5, 5.41) is 6.32. The molecule has 2 rings (SSSR count). The second kappa shape index (κ2) is 3.94. The number of rotatable bonds is 5. The van der Waals surface area contributed by atoms with Crippen LogP contribution < -0.4 is 4.72 Å². The van der Waals surface area contributed by atoms with Gasteiger partial charge in [0.1, 0.15) is 4.90 Å². The Morgan fingerprint density at radius 1 is 1.60 bits per heavy atom. The molecule has 0 bridgehead atoms. The van der Waals surface area contributed by atoms with Crippen molar-refractivity contribution in [3.05, 3.63) is 11.9 Å². The molecule has 0 unspecified atom stereocenters. The molecule has 0 atom stereocenters. The molecule has 1 saturated carbocycles. The van der Waals surface area contributed by atoms with Gasteiger partial charge in [-0.2, -0.15) is 5.10 Å². The summed E-state index contributed by atoms with van der Waals surface area (Å²) >= 11 is 0. The molecule has 15 heavy (non-hydrogen) atoms. The minimum atomic E-state index is -3.36. The van der Waals surface area contributed by atoms with Gasteiger partial charge in [0.15, 0.2) is 0 Å². The SMILES string of the molecule is Cc1[nH]ncc1S(=O)(=O)NCCC1CC1. The van der Waals surface area contributed by atoms with Crippen LogP contribution in [0.3, 0.4) is 0 Å². The Morgan fingerprint density at radius 2 is 2.33 bits per heavy atom. The lowest BCUT2D eigenvalue weighted by Crippen LogP contribution is -2.25. The van der Waals surface area contributed by atoms with Crippen LogP contribution in [-0.2, 0) is 10.0 Å². The summed E-state index contributed by atoms with van der Waals surface area (Å²) in [6.07, 6.45) is 4.77. The molecular formula is C9H15N3O2S. The van der Waals surface area contributed by atoms with Gasteiger partial charge in [0.05, 0.1) is 11.9 Å². The molecule has 0 aliphatic heterocycles. The van der Waals surface area contributed by atoms with E-state index in [1.165, 1.54) is 19.0 Å². The van der Waals surface area contributed by atoms with E-state index in [-0.39, 0.29) is 4.90 Å². The van der Waals surface area contributed by atoms with Crippen molar-refractivity contribution in [1.29, 1.82) is 0 Å². The summed E-state index contributed by atoms with van der Waals surface area (Å²) in [6, 6.07) is 0. The Morgan fingerprint density at radius 3 is 2.87 bits per heavy atom. The minimum absolute atomic E-state index is 0.248. The average molecular weight is 229 g/mol. The number of aromatic nitrogens is 2. The summed E-state index contributed by atoms with van der Waals surface area (Å²) < 4.78 is 26.1. The number of nitrogens with zero attached hydrogens (tertiary/aromatic N) is 1. The second-order valence-corrected chi connectivity index (χ2v) is 5.72. The molecule has 1 aliphatic carbocycles. The van der Waals surface area contributed by atoms with Crippen LogP contribution in [0.25, 0.3) is 0 Å². The van der Waals surface area contributed by atoms with Crippen LogP contribution in [-0.4, -0.2) is 25.2 Å². The Balaban J connectivity index is 1.96. The van der Waals surface area contributed by atoms with Gasteiger partial charge in [-0.25, -0.2) is 13.1 Å².